The van der Waals surface area contributed by atoms with Crippen molar-refractivity contribution in [1.29, 1.82) is 0 Å². The molecule has 1 amide bonds. The summed E-state index contributed by atoms with van der Waals surface area (Å²) in [6.45, 7) is -2.59. The number of halogens is 2. The monoisotopic (exact) mass is 358 g/mol. The molecule has 1 saturated carbocycles. The van der Waals surface area contributed by atoms with Crippen LogP contribution in [0.15, 0.2) is 42.9 Å². The van der Waals surface area contributed by atoms with Crippen LogP contribution in [0.4, 0.5) is 8.78 Å². The topological polar surface area (TPSA) is 69.0 Å². The second-order valence-electron chi connectivity index (χ2n) is 6.15. The van der Waals surface area contributed by atoms with Gasteiger partial charge in [-0.25, -0.2) is 9.97 Å². The van der Waals surface area contributed by atoms with Crippen molar-refractivity contribution >= 4 is 17.1 Å². The van der Waals surface area contributed by atoms with Gasteiger partial charge in [0.05, 0.1) is 11.9 Å². The molecule has 134 valence electrons. The largest absolute Gasteiger partial charge is 0.435 e. The summed E-state index contributed by atoms with van der Waals surface area (Å²) in [5.41, 5.74) is 2.68. The van der Waals surface area contributed by atoms with E-state index in [0.717, 1.165) is 24.1 Å². The third-order valence-electron chi connectivity index (χ3n) is 4.22. The Morgan fingerprint density at radius 3 is 2.73 bits per heavy atom. The van der Waals surface area contributed by atoms with Gasteiger partial charge in [0.25, 0.3) is 5.91 Å². The van der Waals surface area contributed by atoms with E-state index in [1.807, 2.05) is 4.57 Å². The van der Waals surface area contributed by atoms with Gasteiger partial charge in [-0.15, -0.1) is 0 Å². The number of carbonyl (C=O) groups excluding carboxylic acids is 1. The van der Waals surface area contributed by atoms with Gasteiger partial charge in [-0.2, -0.15) is 8.78 Å². The average molecular weight is 358 g/mol. The molecule has 0 aliphatic heterocycles. The predicted molar refractivity (Wildman–Crippen MR) is 90.0 cm³/mol. The van der Waals surface area contributed by atoms with Crippen molar-refractivity contribution in [3.8, 4) is 5.75 Å². The van der Waals surface area contributed by atoms with E-state index in [-0.39, 0.29) is 18.2 Å². The van der Waals surface area contributed by atoms with Crippen molar-refractivity contribution < 1.29 is 18.3 Å². The highest BCUT2D eigenvalue weighted by Crippen LogP contribution is 2.36. The number of alkyl halides is 2. The minimum Gasteiger partial charge on any atom is -0.435 e. The summed E-state index contributed by atoms with van der Waals surface area (Å²) >= 11 is 0. The van der Waals surface area contributed by atoms with Crippen LogP contribution in [-0.4, -0.2) is 27.1 Å². The van der Waals surface area contributed by atoms with Crippen LogP contribution in [0.25, 0.3) is 11.2 Å². The lowest BCUT2D eigenvalue weighted by Gasteiger charge is -2.07. The van der Waals surface area contributed by atoms with Crippen LogP contribution in [-0.2, 0) is 6.54 Å². The molecule has 0 bridgehead atoms. The fraction of sp³-hybridized carbons (Fsp3) is 0.278. The molecule has 1 aromatic carbocycles. The van der Waals surface area contributed by atoms with Crippen LogP contribution < -0.4 is 10.1 Å². The Morgan fingerprint density at radius 2 is 2.04 bits per heavy atom. The van der Waals surface area contributed by atoms with Crippen LogP contribution in [0.5, 0.6) is 5.75 Å². The first-order valence-corrected chi connectivity index (χ1v) is 8.24. The number of aromatic nitrogens is 3. The van der Waals surface area contributed by atoms with Crippen molar-refractivity contribution in [2.45, 2.75) is 32.0 Å². The van der Waals surface area contributed by atoms with Gasteiger partial charge in [-0.05, 0) is 36.6 Å². The summed E-state index contributed by atoms with van der Waals surface area (Å²) in [6.07, 6.45) is 5.57. The highest BCUT2D eigenvalue weighted by atomic mass is 19.3. The molecule has 0 radical (unpaired) electrons. The number of nitrogens with one attached hydrogen (secondary N) is 1. The van der Waals surface area contributed by atoms with E-state index < -0.39 is 6.61 Å². The normalized spacial score (nSPS) is 14.0. The lowest BCUT2D eigenvalue weighted by atomic mass is 10.2. The van der Waals surface area contributed by atoms with E-state index in [1.54, 1.807) is 24.5 Å². The first-order chi connectivity index (χ1) is 12.6. The van der Waals surface area contributed by atoms with Gasteiger partial charge in [0.15, 0.2) is 5.65 Å². The fourth-order valence-electron chi connectivity index (χ4n) is 2.74. The summed E-state index contributed by atoms with van der Waals surface area (Å²) in [5.74, 6) is -0.191. The number of hydrogen-bond acceptors (Lipinski definition) is 4. The van der Waals surface area contributed by atoms with Crippen LogP contribution >= 0.6 is 0 Å². The van der Waals surface area contributed by atoms with Gasteiger partial charge in [0.1, 0.15) is 11.3 Å². The summed E-state index contributed by atoms with van der Waals surface area (Å²) in [6, 6.07) is 8.31. The molecular formula is C18H16F2N4O2. The van der Waals surface area contributed by atoms with E-state index in [9.17, 15) is 13.6 Å². The summed E-state index contributed by atoms with van der Waals surface area (Å²) in [4.78, 5) is 21.0. The highest BCUT2D eigenvalue weighted by molar-refractivity contribution is 5.96. The van der Waals surface area contributed by atoms with Crippen LogP contribution in [0.3, 0.4) is 0 Å². The zero-order valence-corrected chi connectivity index (χ0v) is 13.7. The summed E-state index contributed by atoms with van der Waals surface area (Å²) in [5, 5.41) is 2.78. The Kier molecular flexibility index (Phi) is 4.24. The van der Waals surface area contributed by atoms with E-state index in [0.29, 0.717) is 17.1 Å². The standard InChI is InChI=1S/C18H16F2N4O2/c19-18(20)26-14-5-1-11(2-6-14)8-22-17(25)12-7-15-16(21-9-12)24(10-23-15)13-3-4-13/h1-2,5-7,9-10,13,18H,3-4,8H2,(H,22,25). The van der Waals surface area contributed by atoms with Gasteiger partial charge in [-0.3, -0.25) is 4.79 Å². The second kappa shape index (κ2) is 6.70. The molecule has 26 heavy (non-hydrogen) atoms. The van der Waals surface area contributed by atoms with E-state index >= 15 is 0 Å². The number of ether oxygens (including phenoxy) is 1. The first-order valence-electron chi connectivity index (χ1n) is 8.24. The number of nitrogens with zero attached hydrogens (tertiary/aromatic N) is 3. The Bertz CT molecular complexity index is 936. The Balaban J connectivity index is 1.40. The second-order valence-corrected chi connectivity index (χ2v) is 6.15. The molecule has 6 nitrogen and oxygen atoms in total. The maximum absolute atomic E-state index is 12.3. The van der Waals surface area contributed by atoms with Gasteiger partial charge in [0, 0.05) is 18.8 Å². The lowest BCUT2D eigenvalue weighted by Crippen LogP contribution is -2.22. The fourth-order valence-corrected chi connectivity index (χ4v) is 2.74. The summed E-state index contributed by atoms with van der Waals surface area (Å²) < 4.78 is 30.6. The molecule has 1 fully saturated rings. The predicted octanol–water partition coefficient (Wildman–Crippen LogP) is 3.30. The average Bonchev–Trinajstić information content (AvgIpc) is 3.39. The molecule has 8 heteroatoms. The molecule has 2 aromatic heterocycles. The number of fused-ring (bicyclic) bond motifs is 1. The van der Waals surface area contributed by atoms with Crippen LogP contribution in [0.1, 0.15) is 34.8 Å². The van der Waals surface area contributed by atoms with Crippen LogP contribution in [0.2, 0.25) is 0 Å². The maximum Gasteiger partial charge on any atom is 0.387 e. The summed E-state index contributed by atoms with van der Waals surface area (Å²) in [7, 11) is 0. The Morgan fingerprint density at radius 1 is 1.27 bits per heavy atom. The number of pyridine rings is 1. The van der Waals surface area contributed by atoms with E-state index in [2.05, 4.69) is 20.0 Å². The third kappa shape index (κ3) is 3.49. The molecule has 4 rings (SSSR count). The zero-order chi connectivity index (χ0) is 18.1. The number of hydrogen-bond donors (Lipinski definition) is 1. The van der Waals surface area contributed by atoms with Gasteiger partial charge in [-0.1, -0.05) is 12.1 Å². The molecule has 0 atom stereocenters. The van der Waals surface area contributed by atoms with Crippen molar-refractivity contribution in [2.24, 2.45) is 0 Å². The first kappa shape index (κ1) is 16.4. The smallest absolute Gasteiger partial charge is 0.387 e. The SMILES string of the molecule is O=C(NCc1ccc(OC(F)F)cc1)c1cnc2c(c1)ncn2C1CC1. The van der Waals surface area contributed by atoms with Crippen molar-refractivity contribution in [1.82, 2.24) is 19.9 Å². The number of rotatable bonds is 6. The van der Waals surface area contributed by atoms with Gasteiger partial charge >= 0.3 is 6.61 Å². The van der Waals surface area contributed by atoms with Crippen molar-refractivity contribution in [3.63, 3.8) is 0 Å². The molecule has 0 spiro atoms. The number of amides is 1. The number of imidazole rings is 1. The molecule has 1 N–H and O–H groups in total. The third-order valence-corrected chi connectivity index (χ3v) is 4.22. The Hall–Kier alpha value is -3.03. The molecular weight excluding hydrogens is 342 g/mol. The minimum atomic E-state index is -2.86. The van der Waals surface area contributed by atoms with E-state index in [4.69, 9.17) is 0 Å². The highest BCUT2D eigenvalue weighted by Gasteiger charge is 2.25. The molecule has 0 unspecified atom stereocenters. The van der Waals surface area contributed by atoms with Crippen molar-refractivity contribution in [2.75, 3.05) is 0 Å². The number of carbonyl (C=O) groups is 1. The van der Waals surface area contributed by atoms with Crippen molar-refractivity contribution in [3.05, 3.63) is 54.0 Å². The Labute approximate surface area is 147 Å². The lowest BCUT2D eigenvalue weighted by molar-refractivity contribution is -0.0498. The molecule has 2 heterocycles. The van der Waals surface area contributed by atoms with Crippen LogP contribution in [0, 0.1) is 0 Å². The van der Waals surface area contributed by atoms with Gasteiger partial charge in [0.2, 0.25) is 0 Å². The number of benzene rings is 1. The molecule has 3 aromatic rings. The quantitative estimate of drug-likeness (QED) is 0.734. The minimum absolute atomic E-state index is 0.0796. The van der Waals surface area contributed by atoms with Gasteiger partial charge < -0.3 is 14.6 Å². The molecule has 1 aliphatic carbocycles. The maximum atomic E-state index is 12.3. The molecule has 0 saturated heterocycles. The van der Waals surface area contributed by atoms with E-state index in [1.165, 1.54) is 18.3 Å². The zero-order valence-electron chi connectivity index (χ0n) is 13.7. The molecule has 1 aliphatic rings.